The maximum Gasteiger partial charge on any atom is 0.306 e. The minimum absolute atomic E-state index is 0.215. The van der Waals surface area contributed by atoms with Crippen molar-refractivity contribution in [3.63, 3.8) is 0 Å². The first-order valence-electron chi connectivity index (χ1n) is 6.79. The molecule has 0 aromatic heterocycles. The molecule has 0 aliphatic carbocycles. The molecule has 0 radical (unpaired) electrons. The molecule has 5 heteroatoms. The van der Waals surface area contributed by atoms with Gasteiger partial charge in [0.2, 0.25) is 0 Å². The van der Waals surface area contributed by atoms with Crippen LogP contribution in [0, 0.1) is 0 Å². The molecule has 0 bridgehead atoms. The van der Waals surface area contributed by atoms with Crippen LogP contribution in [-0.2, 0) is 25.4 Å². The highest BCUT2D eigenvalue weighted by Gasteiger charge is 2.03. The summed E-state index contributed by atoms with van der Waals surface area (Å²) in [6.45, 7) is 2.02. The third kappa shape index (κ3) is 7.76. The van der Waals surface area contributed by atoms with Gasteiger partial charge in [-0.05, 0) is 30.5 Å². The van der Waals surface area contributed by atoms with Crippen molar-refractivity contribution in [1.82, 2.24) is 0 Å². The van der Waals surface area contributed by atoms with E-state index in [1.54, 1.807) is 7.11 Å². The molecule has 5 nitrogen and oxygen atoms in total. The first-order chi connectivity index (χ1) is 9.72. The van der Waals surface area contributed by atoms with Crippen LogP contribution in [-0.4, -0.2) is 39.5 Å². The Kier molecular flexibility index (Phi) is 8.42. The molecule has 2 N–H and O–H groups in total. The van der Waals surface area contributed by atoms with Crippen LogP contribution in [0.5, 0.6) is 0 Å². The van der Waals surface area contributed by atoms with Crippen LogP contribution in [0.25, 0.3) is 0 Å². The predicted octanol–water partition coefficient (Wildman–Crippen LogP) is 1.80. The van der Waals surface area contributed by atoms with E-state index in [0.29, 0.717) is 45.0 Å². The van der Waals surface area contributed by atoms with Gasteiger partial charge in [0.1, 0.15) is 6.61 Å². The van der Waals surface area contributed by atoms with Gasteiger partial charge in [0.25, 0.3) is 0 Å². The lowest BCUT2D eigenvalue weighted by atomic mass is 10.1. The van der Waals surface area contributed by atoms with Crippen LogP contribution in [0.1, 0.15) is 18.4 Å². The highest BCUT2D eigenvalue weighted by Crippen LogP contribution is 2.09. The number of benzene rings is 1. The molecule has 112 valence electrons. The van der Waals surface area contributed by atoms with Gasteiger partial charge in [-0.1, -0.05) is 12.1 Å². The molecule has 0 saturated carbocycles. The molecule has 20 heavy (non-hydrogen) atoms. The van der Waals surface area contributed by atoms with Crippen molar-refractivity contribution in [1.29, 1.82) is 0 Å². The predicted molar refractivity (Wildman–Crippen MR) is 77.4 cm³/mol. The molecular formula is C15H23NO4. The first kappa shape index (κ1) is 16.5. The van der Waals surface area contributed by atoms with Gasteiger partial charge in [0.05, 0.1) is 6.61 Å². The van der Waals surface area contributed by atoms with Crippen LogP contribution in [0.15, 0.2) is 24.3 Å². The number of esters is 1. The Morgan fingerprint density at radius 3 is 2.80 bits per heavy atom. The van der Waals surface area contributed by atoms with Gasteiger partial charge in [0, 0.05) is 32.4 Å². The van der Waals surface area contributed by atoms with Crippen LogP contribution in [0.3, 0.4) is 0 Å². The molecule has 0 heterocycles. The molecule has 1 rings (SSSR count). The zero-order valence-corrected chi connectivity index (χ0v) is 12.0. The molecule has 0 aliphatic rings. The second-order valence-corrected chi connectivity index (χ2v) is 4.42. The maximum absolute atomic E-state index is 11.5. The summed E-state index contributed by atoms with van der Waals surface area (Å²) >= 11 is 0. The SMILES string of the molecule is COCCCOCCOC(=O)CCc1cccc(N)c1. The summed E-state index contributed by atoms with van der Waals surface area (Å²) in [6, 6.07) is 7.52. The molecule has 1 aromatic carbocycles. The summed E-state index contributed by atoms with van der Waals surface area (Å²) in [5.74, 6) is -0.215. The van der Waals surface area contributed by atoms with Crippen molar-refractivity contribution >= 4 is 11.7 Å². The van der Waals surface area contributed by atoms with E-state index in [0.717, 1.165) is 12.0 Å². The molecule has 0 spiro atoms. The monoisotopic (exact) mass is 281 g/mol. The normalized spacial score (nSPS) is 10.4. The third-order valence-corrected chi connectivity index (χ3v) is 2.70. The van der Waals surface area contributed by atoms with Gasteiger partial charge in [-0.2, -0.15) is 0 Å². The molecule has 0 fully saturated rings. The van der Waals surface area contributed by atoms with Crippen LogP contribution in [0.2, 0.25) is 0 Å². The fraction of sp³-hybridized carbons (Fsp3) is 0.533. The van der Waals surface area contributed by atoms with Gasteiger partial charge in [0.15, 0.2) is 0 Å². The van der Waals surface area contributed by atoms with Crippen LogP contribution >= 0.6 is 0 Å². The molecule has 0 unspecified atom stereocenters. The molecular weight excluding hydrogens is 258 g/mol. The van der Waals surface area contributed by atoms with E-state index in [1.807, 2.05) is 24.3 Å². The zero-order valence-electron chi connectivity index (χ0n) is 12.0. The second-order valence-electron chi connectivity index (χ2n) is 4.42. The largest absolute Gasteiger partial charge is 0.463 e. The number of rotatable bonds is 10. The van der Waals surface area contributed by atoms with Crippen molar-refractivity contribution in [2.45, 2.75) is 19.3 Å². The lowest BCUT2D eigenvalue weighted by Gasteiger charge is -2.06. The Morgan fingerprint density at radius 2 is 2.05 bits per heavy atom. The van der Waals surface area contributed by atoms with E-state index >= 15 is 0 Å². The third-order valence-electron chi connectivity index (χ3n) is 2.70. The van der Waals surface area contributed by atoms with Crippen molar-refractivity contribution in [2.24, 2.45) is 0 Å². The second kappa shape index (κ2) is 10.2. The number of anilines is 1. The number of hydrogen-bond donors (Lipinski definition) is 1. The number of methoxy groups -OCH3 is 1. The Labute approximate surface area is 120 Å². The Bertz CT molecular complexity index is 395. The van der Waals surface area contributed by atoms with Gasteiger partial charge < -0.3 is 19.9 Å². The number of hydrogen-bond acceptors (Lipinski definition) is 5. The van der Waals surface area contributed by atoms with Crippen LogP contribution < -0.4 is 5.73 Å². The van der Waals surface area contributed by atoms with E-state index in [-0.39, 0.29) is 5.97 Å². The van der Waals surface area contributed by atoms with Gasteiger partial charge >= 0.3 is 5.97 Å². The van der Waals surface area contributed by atoms with Gasteiger partial charge in [-0.25, -0.2) is 0 Å². The smallest absolute Gasteiger partial charge is 0.306 e. The summed E-state index contributed by atoms with van der Waals surface area (Å²) < 4.78 is 15.3. The summed E-state index contributed by atoms with van der Waals surface area (Å²) in [4.78, 5) is 11.5. The average molecular weight is 281 g/mol. The highest BCUT2D eigenvalue weighted by molar-refractivity contribution is 5.69. The summed E-state index contributed by atoms with van der Waals surface area (Å²) in [6.07, 6.45) is 1.84. The molecule has 0 amide bonds. The van der Waals surface area contributed by atoms with Gasteiger partial charge in [-0.3, -0.25) is 4.79 Å². The minimum Gasteiger partial charge on any atom is -0.463 e. The van der Waals surface area contributed by atoms with Crippen molar-refractivity contribution < 1.29 is 19.0 Å². The lowest BCUT2D eigenvalue weighted by molar-refractivity contribution is -0.145. The number of nitrogen functional groups attached to an aromatic ring is 1. The van der Waals surface area contributed by atoms with E-state index in [1.165, 1.54) is 0 Å². The summed E-state index contributed by atoms with van der Waals surface area (Å²) in [5, 5.41) is 0. The zero-order chi connectivity index (χ0) is 14.6. The number of nitrogens with two attached hydrogens (primary N) is 1. The molecule has 1 aromatic rings. The Hall–Kier alpha value is -1.59. The van der Waals surface area contributed by atoms with E-state index in [9.17, 15) is 4.79 Å². The van der Waals surface area contributed by atoms with E-state index < -0.39 is 0 Å². The Balaban J connectivity index is 2.03. The van der Waals surface area contributed by atoms with Crippen LogP contribution in [0.4, 0.5) is 5.69 Å². The lowest BCUT2D eigenvalue weighted by Crippen LogP contribution is -2.12. The van der Waals surface area contributed by atoms with E-state index in [2.05, 4.69) is 0 Å². The van der Waals surface area contributed by atoms with Crippen molar-refractivity contribution in [3.05, 3.63) is 29.8 Å². The number of carbonyl (C=O) groups excluding carboxylic acids is 1. The quantitative estimate of drug-likeness (QED) is 0.402. The Morgan fingerprint density at radius 1 is 1.20 bits per heavy atom. The minimum atomic E-state index is -0.215. The summed E-state index contributed by atoms with van der Waals surface area (Å²) in [7, 11) is 1.65. The van der Waals surface area contributed by atoms with Crippen molar-refractivity contribution in [3.8, 4) is 0 Å². The number of ether oxygens (including phenoxy) is 3. The highest BCUT2D eigenvalue weighted by atomic mass is 16.6. The topological polar surface area (TPSA) is 70.8 Å². The van der Waals surface area contributed by atoms with Crippen molar-refractivity contribution in [2.75, 3.05) is 39.3 Å². The first-order valence-corrected chi connectivity index (χ1v) is 6.79. The average Bonchev–Trinajstić information content (AvgIpc) is 2.44. The van der Waals surface area contributed by atoms with Gasteiger partial charge in [-0.15, -0.1) is 0 Å². The van der Waals surface area contributed by atoms with E-state index in [4.69, 9.17) is 19.9 Å². The number of aryl methyl sites for hydroxylation is 1. The maximum atomic E-state index is 11.5. The molecule has 0 saturated heterocycles. The summed E-state index contributed by atoms with van der Waals surface area (Å²) in [5.41, 5.74) is 7.42. The molecule has 0 aliphatic heterocycles. The fourth-order valence-corrected chi connectivity index (χ4v) is 1.69. The standard InChI is InChI=1S/C15H23NO4/c1-18-8-3-9-19-10-11-20-15(17)7-6-13-4-2-5-14(16)12-13/h2,4-5,12H,3,6-11,16H2,1H3. The fourth-order valence-electron chi connectivity index (χ4n) is 1.69. The number of carbonyl (C=O) groups is 1. The molecule has 0 atom stereocenters.